The second kappa shape index (κ2) is 6.78. The van der Waals surface area contributed by atoms with Crippen molar-refractivity contribution >= 4 is 5.91 Å². The second-order valence-corrected chi connectivity index (χ2v) is 6.94. The minimum atomic E-state index is 0.0911. The average Bonchev–Trinajstić information content (AvgIpc) is 3.31. The Balaban J connectivity index is 1.50. The molecule has 1 amide bonds. The number of aromatic nitrogens is 4. The van der Waals surface area contributed by atoms with Crippen LogP contribution in [0.15, 0.2) is 49.1 Å². The Hall–Kier alpha value is -2.89. The van der Waals surface area contributed by atoms with Crippen LogP contribution in [0.5, 0.6) is 0 Å². The number of rotatable bonds is 3. The Morgan fingerprint density at radius 2 is 2.00 bits per heavy atom. The Morgan fingerprint density at radius 3 is 2.65 bits per heavy atom. The number of aryl methyl sites for hydroxylation is 2. The molecule has 1 aromatic carbocycles. The van der Waals surface area contributed by atoms with Crippen LogP contribution in [-0.4, -0.2) is 43.2 Å². The van der Waals surface area contributed by atoms with Crippen molar-refractivity contribution in [3.05, 3.63) is 66.0 Å². The van der Waals surface area contributed by atoms with Gasteiger partial charge in [0.25, 0.3) is 5.91 Å². The van der Waals surface area contributed by atoms with Crippen molar-refractivity contribution in [2.45, 2.75) is 32.7 Å². The summed E-state index contributed by atoms with van der Waals surface area (Å²) in [6, 6.07) is 10.0. The molecule has 4 rings (SSSR count). The Bertz CT molecular complexity index is 895. The van der Waals surface area contributed by atoms with E-state index in [1.54, 1.807) is 12.5 Å². The fourth-order valence-electron chi connectivity index (χ4n) is 3.73. The molecule has 1 fully saturated rings. The molecule has 26 heavy (non-hydrogen) atoms. The summed E-state index contributed by atoms with van der Waals surface area (Å²) in [4.78, 5) is 19.0. The number of piperidine rings is 1. The minimum Gasteiger partial charge on any atom is -0.337 e. The molecule has 0 saturated carbocycles. The molecule has 1 atom stereocenters. The van der Waals surface area contributed by atoms with Gasteiger partial charge in [-0.05, 0) is 57.0 Å². The van der Waals surface area contributed by atoms with E-state index >= 15 is 0 Å². The maximum absolute atomic E-state index is 12.9. The van der Waals surface area contributed by atoms with E-state index in [0.29, 0.717) is 6.54 Å². The van der Waals surface area contributed by atoms with E-state index in [4.69, 9.17) is 0 Å². The van der Waals surface area contributed by atoms with Gasteiger partial charge in [-0.3, -0.25) is 9.48 Å². The van der Waals surface area contributed by atoms with Crippen LogP contribution >= 0.6 is 0 Å². The zero-order valence-corrected chi connectivity index (χ0v) is 15.2. The summed E-state index contributed by atoms with van der Waals surface area (Å²) in [6.45, 7) is 5.61. The number of likely N-dealkylation sites (tertiary alicyclic amines) is 1. The zero-order valence-electron chi connectivity index (χ0n) is 15.2. The maximum atomic E-state index is 12.9. The molecule has 0 aliphatic carbocycles. The molecule has 6 heteroatoms. The third-order valence-corrected chi connectivity index (χ3v) is 4.99. The van der Waals surface area contributed by atoms with Gasteiger partial charge in [0, 0.05) is 42.4 Å². The summed E-state index contributed by atoms with van der Waals surface area (Å²) in [7, 11) is 0. The number of imidazole rings is 1. The van der Waals surface area contributed by atoms with Gasteiger partial charge in [-0.1, -0.05) is 0 Å². The monoisotopic (exact) mass is 349 g/mol. The number of amides is 1. The molecule has 3 heterocycles. The van der Waals surface area contributed by atoms with Gasteiger partial charge in [0.1, 0.15) is 0 Å². The summed E-state index contributed by atoms with van der Waals surface area (Å²) < 4.78 is 4.00. The summed E-state index contributed by atoms with van der Waals surface area (Å²) in [5, 5.41) is 4.61. The van der Waals surface area contributed by atoms with Gasteiger partial charge in [-0.2, -0.15) is 5.10 Å². The topological polar surface area (TPSA) is 56.0 Å². The molecular formula is C20H23N5O. The number of carbonyl (C=O) groups excluding carboxylic acids is 1. The summed E-state index contributed by atoms with van der Waals surface area (Å²) in [5.74, 6) is 0.0911. The Labute approximate surface area is 153 Å². The molecule has 0 N–H and O–H groups in total. The van der Waals surface area contributed by atoms with Crippen molar-refractivity contribution in [2.24, 2.45) is 0 Å². The van der Waals surface area contributed by atoms with Gasteiger partial charge in [0.05, 0.1) is 18.1 Å². The Morgan fingerprint density at radius 1 is 1.19 bits per heavy atom. The maximum Gasteiger partial charge on any atom is 0.253 e. The average molecular weight is 349 g/mol. The van der Waals surface area contributed by atoms with Gasteiger partial charge in [0.15, 0.2) is 0 Å². The summed E-state index contributed by atoms with van der Waals surface area (Å²) >= 11 is 0. The summed E-state index contributed by atoms with van der Waals surface area (Å²) in [5.41, 5.74) is 3.91. The second-order valence-electron chi connectivity index (χ2n) is 6.94. The van der Waals surface area contributed by atoms with E-state index in [0.717, 1.165) is 42.0 Å². The molecule has 0 bridgehead atoms. The van der Waals surface area contributed by atoms with E-state index in [1.165, 1.54) is 0 Å². The van der Waals surface area contributed by atoms with Gasteiger partial charge in [-0.15, -0.1) is 0 Å². The van der Waals surface area contributed by atoms with E-state index in [9.17, 15) is 4.79 Å². The van der Waals surface area contributed by atoms with Gasteiger partial charge in [-0.25, -0.2) is 4.98 Å². The normalized spacial score (nSPS) is 17.5. The number of nitrogens with zero attached hydrogens (tertiary/aromatic N) is 5. The molecule has 134 valence electrons. The van der Waals surface area contributed by atoms with Crippen LogP contribution in [0.4, 0.5) is 0 Å². The molecule has 2 aromatic heterocycles. The van der Waals surface area contributed by atoms with Crippen molar-refractivity contribution in [1.82, 2.24) is 24.2 Å². The lowest BCUT2D eigenvalue weighted by Crippen LogP contribution is -2.41. The van der Waals surface area contributed by atoms with Crippen molar-refractivity contribution in [2.75, 3.05) is 13.1 Å². The largest absolute Gasteiger partial charge is 0.337 e. The fourth-order valence-corrected chi connectivity index (χ4v) is 3.73. The van der Waals surface area contributed by atoms with E-state index in [2.05, 4.69) is 27.8 Å². The van der Waals surface area contributed by atoms with Crippen molar-refractivity contribution < 1.29 is 4.79 Å². The number of hydrogen-bond donors (Lipinski definition) is 0. The van der Waals surface area contributed by atoms with Crippen molar-refractivity contribution in [3.63, 3.8) is 0 Å². The highest BCUT2D eigenvalue weighted by Gasteiger charge is 2.26. The molecule has 0 radical (unpaired) electrons. The zero-order chi connectivity index (χ0) is 18.1. The third-order valence-electron chi connectivity index (χ3n) is 4.99. The molecule has 6 nitrogen and oxygen atoms in total. The molecule has 0 spiro atoms. The highest BCUT2D eigenvalue weighted by Crippen LogP contribution is 2.24. The highest BCUT2D eigenvalue weighted by atomic mass is 16.2. The predicted octanol–water partition coefficient (Wildman–Crippen LogP) is 3.16. The molecule has 1 aliphatic rings. The smallest absolute Gasteiger partial charge is 0.253 e. The van der Waals surface area contributed by atoms with E-state index in [1.807, 2.05) is 46.9 Å². The lowest BCUT2D eigenvalue weighted by molar-refractivity contribution is 0.0671. The first kappa shape index (κ1) is 16.6. The fraction of sp³-hybridized carbons (Fsp3) is 0.350. The molecule has 3 aromatic rings. The van der Waals surface area contributed by atoms with Crippen LogP contribution in [0, 0.1) is 13.8 Å². The SMILES string of the molecule is Cc1cc(C)n([C@H]2CCCN(C(=O)c3ccc(-n4ccnc4)cc3)C2)n1. The molecular weight excluding hydrogens is 326 g/mol. The standard InChI is InChI=1S/C20H23N5O/c1-15-12-16(2)25(22-15)19-4-3-10-23(13-19)20(26)17-5-7-18(8-6-17)24-11-9-21-14-24/h5-9,11-12,14,19H,3-4,10,13H2,1-2H3/t19-/m0/s1. The summed E-state index contributed by atoms with van der Waals surface area (Å²) in [6.07, 6.45) is 7.44. The Kier molecular flexibility index (Phi) is 4.32. The number of benzene rings is 1. The van der Waals surface area contributed by atoms with Crippen molar-refractivity contribution in [1.29, 1.82) is 0 Å². The van der Waals surface area contributed by atoms with Crippen molar-refractivity contribution in [3.8, 4) is 5.69 Å². The molecule has 0 unspecified atom stereocenters. The third kappa shape index (κ3) is 3.14. The van der Waals surface area contributed by atoms with Crippen LogP contribution in [0.25, 0.3) is 5.69 Å². The molecule has 1 saturated heterocycles. The van der Waals surface area contributed by atoms with Crippen LogP contribution < -0.4 is 0 Å². The van der Waals surface area contributed by atoms with Gasteiger partial charge < -0.3 is 9.47 Å². The highest BCUT2D eigenvalue weighted by molar-refractivity contribution is 5.94. The van der Waals surface area contributed by atoms with Gasteiger partial charge >= 0.3 is 0 Å². The van der Waals surface area contributed by atoms with Crippen LogP contribution in [0.2, 0.25) is 0 Å². The van der Waals surface area contributed by atoms with Crippen LogP contribution in [0.3, 0.4) is 0 Å². The first-order chi connectivity index (χ1) is 12.6. The lowest BCUT2D eigenvalue weighted by Gasteiger charge is -2.33. The lowest BCUT2D eigenvalue weighted by atomic mass is 10.0. The van der Waals surface area contributed by atoms with Crippen LogP contribution in [0.1, 0.15) is 40.6 Å². The predicted molar refractivity (Wildman–Crippen MR) is 99.4 cm³/mol. The quantitative estimate of drug-likeness (QED) is 0.730. The van der Waals surface area contributed by atoms with E-state index in [-0.39, 0.29) is 11.9 Å². The minimum absolute atomic E-state index is 0.0911. The van der Waals surface area contributed by atoms with E-state index < -0.39 is 0 Å². The molecule has 1 aliphatic heterocycles. The van der Waals surface area contributed by atoms with Crippen LogP contribution in [-0.2, 0) is 0 Å². The first-order valence-corrected chi connectivity index (χ1v) is 9.02. The first-order valence-electron chi connectivity index (χ1n) is 9.02. The number of carbonyl (C=O) groups is 1. The van der Waals surface area contributed by atoms with Gasteiger partial charge in [0.2, 0.25) is 0 Å². The number of hydrogen-bond acceptors (Lipinski definition) is 3.